The fourth-order valence-electron chi connectivity index (χ4n) is 1.30. The van der Waals surface area contributed by atoms with Crippen LogP contribution in [0.1, 0.15) is 0 Å². The SMILES string of the molecule is CP(=S)(NC(=O)Nc1nccs1)Oc1ccccc1. The minimum absolute atomic E-state index is 0.406. The summed E-state index contributed by atoms with van der Waals surface area (Å²) in [6.07, 6.45) is -0.827. The van der Waals surface area contributed by atoms with Crippen LogP contribution in [0.3, 0.4) is 0 Å². The summed E-state index contributed by atoms with van der Waals surface area (Å²) in [5.74, 6) is 0.642. The minimum atomic E-state index is -2.44. The normalized spacial score (nSPS) is 13.3. The second-order valence-electron chi connectivity index (χ2n) is 3.65. The number of nitrogens with zero attached hydrogens (tertiary/aromatic N) is 1. The Morgan fingerprint density at radius 2 is 2.16 bits per heavy atom. The Labute approximate surface area is 120 Å². The third kappa shape index (κ3) is 4.63. The number of thiazole rings is 1. The van der Waals surface area contributed by atoms with E-state index in [1.165, 1.54) is 11.3 Å². The quantitative estimate of drug-likeness (QED) is 0.850. The van der Waals surface area contributed by atoms with E-state index in [-0.39, 0.29) is 0 Å². The number of nitrogens with one attached hydrogen (secondary N) is 2. The summed E-state index contributed by atoms with van der Waals surface area (Å²) in [6, 6.07) is 8.77. The lowest BCUT2D eigenvalue weighted by atomic mass is 10.3. The molecule has 1 aromatic carbocycles. The molecule has 2 N–H and O–H groups in total. The maximum absolute atomic E-state index is 11.7. The van der Waals surface area contributed by atoms with Gasteiger partial charge in [-0.3, -0.25) is 10.4 Å². The molecule has 0 aliphatic heterocycles. The van der Waals surface area contributed by atoms with Gasteiger partial charge in [-0.15, -0.1) is 11.3 Å². The number of para-hydroxylation sites is 1. The van der Waals surface area contributed by atoms with E-state index in [0.29, 0.717) is 10.9 Å². The molecule has 2 aromatic rings. The highest BCUT2D eigenvalue weighted by atomic mass is 32.4. The van der Waals surface area contributed by atoms with Gasteiger partial charge >= 0.3 is 6.03 Å². The van der Waals surface area contributed by atoms with Crippen LogP contribution in [-0.2, 0) is 11.8 Å². The fraction of sp³-hybridized carbons (Fsp3) is 0.0909. The maximum atomic E-state index is 11.7. The van der Waals surface area contributed by atoms with Crippen LogP contribution in [0.15, 0.2) is 41.9 Å². The minimum Gasteiger partial charge on any atom is -0.449 e. The Hall–Kier alpha value is -1.43. The van der Waals surface area contributed by atoms with Gasteiger partial charge in [0.05, 0.1) is 0 Å². The summed E-state index contributed by atoms with van der Waals surface area (Å²) in [7, 11) is 0. The van der Waals surface area contributed by atoms with Gasteiger partial charge in [-0.2, -0.15) is 0 Å². The van der Waals surface area contributed by atoms with Gasteiger partial charge in [0.1, 0.15) is 5.75 Å². The number of rotatable bonds is 4. The third-order valence-corrected chi connectivity index (χ3v) is 4.33. The molecule has 2 rings (SSSR count). The molecule has 1 heterocycles. The van der Waals surface area contributed by atoms with E-state index >= 15 is 0 Å². The predicted octanol–water partition coefficient (Wildman–Crippen LogP) is 3.28. The van der Waals surface area contributed by atoms with Crippen LogP contribution in [0.2, 0.25) is 0 Å². The van der Waals surface area contributed by atoms with Crippen LogP contribution >= 0.6 is 17.8 Å². The second kappa shape index (κ2) is 6.14. The molecule has 0 saturated carbocycles. The van der Waals surface area contributed by atoms with Gasteiger partial charge in [0.15, 0.2) is 5.13 Å². The fourth-order valence-corrected chi connectivity index (χ4v) is 3.33. The molecule has 100 valence electrons. The number of aromatic nitrogens is 1. The second-order valence-corrected chi connectivity index (χ2v) is 8.74. The van der Waals surface area contributed by atoms with Crippen LogP contribution < -0.4 is 14.9 Å². The van der Waals surface area contributed by atoms with Crippen LogP contribution in [0, 0.1) is 0 Å². The number of anilines is 1. The third-order valence-electron chi connectivity index (χ3n) is 1.98. The Morgan fingerprint density at radius 3 is 2.79 bits per heavy atom. The zero-order valence-electron chi connectivity index (χ0n) is 10.1. The highest BCUT2D eigenvalue weighted by molar-refractivity contribution is 8.11. The molecular weight excluding hydrogens is 301 g/mol. The average molecular weight is 313 g/mol. The Balaban J connectivity index is 1.93. The largest absolute Gasteiger partial charge is 0.449 e. The summed E-state index contributed by atoms with van der Waals surface area (Å²) < 4.78 is 5.63. The van der Waals surface area contributed by atoms with Crippen molar-refractivity contribution in [3.05, 3.63) is 41.9 Å². The van der Waals surface area contributed by atoms with Crippen molar-refractivity contribution in [3.8, 4) is 5.75 Å². The summed E-state index contributed by atoms with van der Waals surface area (Å²) >= 11 is 6.63. The molecule has 1 aromatic heterocycles. The Bertz CT molecular complexity index is 589. The zero-order valence-corrected chi connectivity index (χ0v) is 12.6. The topological polar surface area (TPSA) is 63.2 Å². The molecule has 8 heteroatoms. The van der Waals surface area contributed by atoms with Gasteiger partial charge in [0.2, 0.25) is 6.42 Å². The highest BCUT2D eigenvalue weighted by Crippen LogP contribution is 2.39. The Morgan fingerprint density at radius 1 is 1.42 bits per heavy atom. The molecule has 0 radical (unpaired) electrons. The van der Waals surface area contributed by atoms with Gasteiger partial charge in [-0.05, 0) is 23.9 Å². The average Bonchev–Trinajstić information content (AvgIpc) is 2.81. The van der Waals surface area contributed by atoms with E-state index in [4.69, 9.17) is 16.3 Å². The maximum Gasteiger partial charge on any atom is 0.327 e. The molecule has 0 aliphatic rings. The molecule has 0 fully saturated rings. The molecule has 0 aliphatic carbocycles. The first kappa shape index (κ1) is 14.0. The van der Waals surface area contributed by atoms with Crippen molar-refractivity contribution < 1.29 is 9.32 Å². The van der Waals surface area contributed by atoms with E-state index in [0.717, 1.165) is 0 Å². The van der Waals surface area contributed by atoms with E-state index in [9.17, 15) is 4.79 Å². The summed E-state index contributed by atoms with van der Waals surface area (Å²) in [5.41, 5.74) is 0. The lowest BCUT2D eigenvalue weighted by molar-refractivity contribution is 0.256. The van der Waals surface area contributed by atoms with Gasteiger partial charge in [0, 0.05) is 18.2 Å². The van der Waals surface area contributed by atoms with Gasteiger partial charge in [0.25, 0.3) is 0 Å². The predicted molar refractivity (Wildman–Crippen MR) is 81.5 cm³/mol. The molecule has 5 nitrogen and oxygen atoms in total. The first-order valence-corrected chi connectivity index (χ1v) is 9.41. The van der Waals surface area contributed by atoms with Crippen molar-refractivity contribution in [3.63, 3.8) is 0 Å². The first-order chi connectivity index (χ1) is 9.05. The molecule has 1 atom stereocenters. The number of benzene rings is 1. The van der Waals surface area contributed by atoms with Crippen molar-refractivity contribution in [1.82, 2.24) is 10.1 Å². The monoisotopic (exact) mass is 313 g/mol. The van der Waals surface area contributed by atoms with Crippen molar-refractivity contribution in [1.29, 1.82) is 0 Å². The number of carbonyl (C=O) groups is 1. The number of hydrogen-bond acceptors (Lipinski definition) is 5. The molecule has 0 saturated heterocycles. The lowest BCUT2D eigenvalue weighted by Crippen LogP contribution is -2.27. The first-order valence-electron chi connectivity index (χ1n) is 5.36. The van der Waals surface area contributed by atoms with E-state index < -0.39 is 12.4 Å². The summed E-state index contributed by atoms with van der Waals surface area (Å²) in [5, 5.41) is 7.56. The van der Waals surface area contributed by atoms with Gasteiger partial charge in [-0.25, -0.2) is 9.78 Å². The summed E-state index contributed by atoms with van der Waals surface area (Å²) in [4.78, 5) is 15.7. The number of hydrogen-bond donors (Lipinski definition) is 2. The van der Waals surface area contributed by atoms with E-state index in [2.05, 4.69) is 15.4 Å². The summed E-state index contributed by atoms with van der Waals surface area (Å²) in [6.45, 7) is 1.71. The van der Waals surface area contributed by atoms with E-state index in [1.54, 1.807) is 30.4 Å². The molecule has 0 spiro atoms. The Kier molecular flexibility index (Phi) is 4.52. The molecular formula is C11H12N3O2PS2. The van der Waals surface area contributed by atoms with E-state index in [1.807, 2.05) is 18.2 Å². The number of carbonyl (C=O) groups excluding carboxylic acids is 1. The molecule has 0 bridgehead atoms. The number of urea groups is 1. The number of amides is 2. The zero-order chi connectivity index (χ0) is 13.7. The van der Waals surface area contributed by atoms with Crippen LogP contribution in [0.4, 0.5) is 9.93 Å². The van der Waals surface area contributed by atoms with Crippen LogP contribution in [0.25, 0.3) is 0 Å². The lowest BCUT2D eigenvalue weighted by Gasteiger charge is -2.19. The van der Waals surface area contributed by atoms with Crippen molar-refractivity contribution in [2.45, 2.75) is 0 Å². The van der Waals surface area contributed by atoms with Gasteiger partial charge < -0.3 is 4.52 Å². The van der Waals surface area contributed by atoms with Crippen molar-refractivity contribution in [2.75, 3.05) is 12.0 Å². The molecule has 1 unspecified atom stereocenters. The standard InChI is InChI=1S/C11H12N3O2PS2/c1-17(18,16-9-5-3-2-4-6-9)14-10(15)13-11-12-7-8-19-11/h2-8H,1H3,(H2,12,13,14,15,18). The molecule has 19 heavy (non-hydrogen) atoms. The molecule has 2 amide bonds. The van der Waals surface area contributed by atoms with Gasteiger partial charge in [-0.1, -0.05) is 18.2 Å². The van der Waals surface area contributed by atoms with Crippen LogP contribution in [0.5, 0.6) is 5.75 Å². The smallest absolute Gasteiger partial charge is 0.327 e. The van der Waals surface area contributed by atoms with Crippen LogP contribution in [-0.4, -0.2) is 17.7 Å². The van der Waals surface area contributed by atoms with Crippen molar-refractivity contribution >= 4 is 40.7 Å². The highest BCUT2D eigenvalue weighted by Gasteiger charge is 2.16. The van der Waals surface area contributed by atoms with Crippen molar-refractivity contribution in [2.24, 2.45) is 0 Å².